The minimum Gasteiger partial charge on any atom is -0.310 e. The van der Waals surface area contributed by atoms with Gasteiger partial charge in [0.1, 0.15) is 0 Å². The minimum atomic E-state index is 0.0774. The van der Waals surface area contributed by atoms with Crippen LogP contribution in [-0.2, 0) is 5.41 Å². The number of hydrogen-bond donors (Lipinski definition) is 0. The molecule has 0 atom stereocenters. The van der Waals surface area contributed by atoms with E-state index in [9.17, 15) is 0 Å². The maximum absolute atomic E-state index is 2.47. The number of nitrogens with zero attached hydrogens (tertiary/aromatic N) is 1. The number of hydrogen-bond acceptors (Lipinski definition) is 1. The summed E-state index contributed by atoms with van der Waals surface area (Å²) in [6.45, 7) is 6.85. The van der Waals surface area contributed by atoms with Gasteiger partial charge in [0.2, 0.25) is 0 Å². The number of para-hydroxylation sites is 1. The average molecular weight is 636 g/mol. The molecule has 8 rings (SSSR count). The normalized spacial score (nSPS) is 13.9. The first kappa shape index (κ1) is 31.1. The van der Waals surface area contributed by atoms with Gasteiger partial charge in [-0.25, -0.2) is 0 Å². The van der Waals surface area contributed by atoms with E-state index in [2.05, 4.69) is 177 Å². The van der Waals surface area contributed by atoms with Gasteiger partial charge in [0, 0.05) is 16.9 Å². The van der Waals surface area contributed by atoms with E-state index in [1.165, 1.54) is 92.7 Å². The number of rotatable bonds is 6. The van der Waals surface area contributed by atoms with Crippen molar-refractivity contribution in [2.75, 3.05) is 4.90 Å². The van der Waals surface area contributed by atoms with Crippen molar-refractivity contribution in [1.82, 2.24) is 0 Å². The zero-order chi connectivity index (χ0) is 33.4. The van der Waals surface area contributed by atoms with Crippen molar-refractivity contribution in [1.29, 1.82) is 0 Å². The molecule has 0 heterocycles. The van der Waals surface area contributed by atoms with E-state index in [0.717, 1.165) is 11.4 Å². The Kier molecular flexibility index (Phi) is 8.30. The second-order valence-electron chi connectivity index (χ2n) is 14.8. The van der Waals surface area contributed by atoms with E-state index < -0.39 is 0 Å². The molecule has 1 heteroatoms. The second kappa shape index (κ2) is 13.1. The molecule has 0 spiro atoms. The van der Waals surface area contributed by atoms with Crippen molar-refractivity contribution in [3.05, 3.63) is 163 Å². The van der Waals surface area contributed by atoms with Gasteiger partial charge in [0.25, 0.3) is 0 Å². The first-order valence-electron chi connectivity index (χ1n) is 18.1. The van der Waals surface area contributed by atoms with Gasteiger partial charge in [-0.05, 0) is 104 Å². The molecule has 0 bridgehead atoms. The lowest BCUT2D eigenvalue weighted by molar-refractivity contribution is 0.445. The highest BCUT2D eigenvalue weighted by Crippen LogP contribution is 2.46. The Morgan fingerprint density at radius 3 is 1.94 bits per heavy atom. The highest BCUT2D eigenvalue weighted by molar-refractivity contribution is 6.04. The molecule has 7 aromatic rings. The van der Waals surface area contributed by atoms with Crippen molar-refractivity contribution >= 4 is 38.6 Å². The van der Waals surface area contributed by atoms with Crippen LogP contribution in [0.4, 0.5) is 17.1 Å². The maximum atomic E-state index is 2.47. The molecule has 0 unspecified atom stereocenters. The molecule has 0 N–H and O–H groups in total. The summed E-state index contributed by atoms with van der Waals surface area (Å²) in [6.07, 6.45) is 6.57. The molecule has 1 saturated carbocycles. The van der Waals surface area contributed by atoms with Gasteiger partial charge < -0.3 is 4.90 Å². The molecule has 0 saturated heterocycles. The summed E-state index contributed by atoms with van der Waals surface area (Å²) < 4.78 is 0. The van der Waals surface area contributed by atoms with E-state index in [-0.39, 0.29) is 5.41 Å². The Labute approximate surface area is 291 Å². The minimum absolute atomic E-state index is 0.0774. The second-order valence-corrected chi connectivity index (χ2v) is 14.8. The van der Waals surface area contributed by atoms with Crippen LogP contribution in [0, 0.1) is 0 Å². The number of anilines is 3. The van der Waals surface area contributed by atoms with Gasteiger partial charge in [-0.15, -0.1) is 0 Å². The predicted molar refractivity (Wildman–Crippen MR) is 212 cm³/mol. The lowest BCUT2D eigenvalue weighted by Gasteiger charge is -2.30. The van der Waals surface area contributed by atoms with Gasteiger partial charge >= 0.3 is 0 Å². The fourth-order valence-corrected chi connectivity index (χ4v) is 8.07. The smallest absolute Gasteiger partial charge is 0.0540 e. The van der Waals surface area contributed by atoms with Crippen LogP contribution < -0.4 is 4.90 Å². The highest BCUT2D eigenvalue weighted by atomic mass is 15.1. The van der Waals surface area contributed by atoms with Gasteiger partial charge in [0.05, 0.1) is 5.69 Å². The molecular formula is C48H45N. The van der Waals surface area contributed by atoms with Crippen LogP contribution in [0.3, 0.4) is 0 Å². The molecule has 1 aliphatic rings. The van der Waals surface area contributed by atoms with E-state index in [1.807, 2.05) is 0 Å². The highest BCUT2D eigenvalue weighted by Gasteiger charge is 2.23. The molecule has 1 fully saturated rings. The van der Waals surface area contributed by atoms with Crippen LogP contribution in [0.2, 0.25) is 0 Å². The summed E-state index contributed by atoms with van der Waals surface area (Å²) in [7, 11) is 0. The zero-order valence-electron chi connectivity index (χ0n) is 29.0. The molecule has 1 nitrogen and oxygen atoms in total. The molecule has 7 aromatic carbocycles. The van der Waals surface area contributed by atoms with E-state index >= 15 is 0 Å². The molecule has 242 valence electrons. The Balaban J connectivity index is 1.34. The lowest BCUT2D eigenvalue weighted by atomic mass is 9.80. The van der Waals surface area contributed by atoms with Gasteiger partial charge in [-0.2, -0.15) is 0 Å². The maximum Gasteiger partial charge on any atom is 0.0540 e. The Bertz CT molecular complexity index is 2240. The fourth-order valence-electron chi connectivity index (χ4n) is 8.07. The Morgan fingerprint density at radius 1 is 0.510 bits per heavy atom. The fraction of sp³-hybridized carbons (Fsp3) is 0.208. The van der Waals surface area contributed by atoms with E-state index in [0.29, 0.717) is 5.92 Å². The van der Waals surface area contributed by atoms with Gasteiger partial charge in [-0.1, -0.05) is 161 Å². The quantitative estimate of drug-likeness (QED) is 0.176. The third-order valence-corrected chi connectivity index (χ3v) is 10.6. The summed E-state index contributed by atoms with van der Waals surface area (Å²) in [5.41, 5.74) is 11.5. The molecule has 0 radical (unpaired) electrons. The van der Waals surface area contributed by atoms with E-state index in [1.54, 1.807) is 0 Å². The molecule has 0 aromatic heterocycles. The van der Waals surface area contributed by atoms with Crippen LogP contribution >= 0.6 is 0 Å². The number of fused-ring (bicyclic) bond motifs is 2. The molecule has 1 aliphatic carbocycles. The SMILES string of the molecule is CC(C)(C)c1ccc(N(c2cccc(-c3cccc4ccccc34)c2)c2ccccc2-c2cccc3cccc(C4CCCCC4)c23)cc1. The zero-order valence-corrected chi connectivity index (χ0v) is 29.0. The monoisotopic (exact) mass is 635 g/mol. The topological polar surface area (TPSA) is 3.24 Å². The molecule has 0 amide bonds. The summed E-state index contributed by atoms with van der Waals surface area (Å²) in [5.74, 6) is 0.615. The summed E-state index contributed by atoms with van der Waals surface area (Å²) in [4.78, 5) is 2.47. The molecule has 0 aliphatic heterocycles. The van der Waals surface area contributed by atoms with Crippen LogP contribution in [0.5, 0.6) is 0 Å². The lowest BCUT2D eigenvalue weighted by Crippen LogP contribution is -2.14. The summed E-state index contributed by atoms with van der Waals surface area (Å²) >= 11 is 0. The molecule has 49 heavy (non-hydrogen) atoms. The van der Waals surface area contributed by atoms with Crippen molar-refractivity contribution in [2.45, 2.75) is 64.2 Å². The van der Waals surface area contributed by atoms with Crippen molar-refractivity contribution in [3.8, 4) is 22.3 Å². The van der Waals surface area contributed by atoms with Crippen molar-refractivity contribution in [2.24, 2.45) is 0 Å². The standard InChI is InChI=1S/C48H45N/c1-48(2,3)38-29-31-39(32-30-38)49(40-22-11-21-37(33-40)42-25-12-18-34-17-7-8-23-41(34)42)46-28-10-9-24-44(46)45-27-14-20-36-19-13-26-43(47(36)45)35-15-5-4-6-16-35/h7-14,17-33,35H,4-6,15-16H2,1-3H3. The molecular weight excluding hydrogens is 591 g/mol. The van der Waals surface area contributed by atoms with Gasteiger partial charge in [-0.3, -0.25) is 0 Å². The summed E-state index contributed by atoms with van der Waals surface area (Å²) in [6, 6.07) is 56.5. The third kappa shape index (κ3) is 6.04. The third-order valence-electron chi connectivity index (χ3n) is 10.6. The summed E-state index contributed by atoms with van der Waals surface area (Å²) in [5, 5.41) is 5.27. The van der Waals surface area contributed by atoms with Crippen LogP contribution in [0.1, 0.15) is 69.9 Å². The van der Waals surface area contributed by atoms with Crippen molar-refractivity contribution in [3.63, 3.8) is 0 Å². The van der Waals surface area contributed by atoms with Crippen LogP contribution in [0.15, 0.2) is 152 Å². The average Bonchev–Trinajstić information content (AvgIpc) is 3.15. The Morgan fingerprint density at radius 2 is 1.14 bits per heavy atom. The first-order valence-corrected chi connectivity index (χ1v) is 18.1. The van der Waals surface area contributed by atoms with Crippen molar-refractivity contribution < 1.29 is 0 Å². The largest absolute Gasteiger partial charge is 0.310 e. The first-order chi connectivity index (χ1) is 24.0. The van der Waals surface area contributed by atoms with Crippen LogP contribution in [0.25, 0.3) is 43.8 Å². The predicted octanol–water partition coefficient (Wildman–Crippen LogP) is 14.1. The Hall–Kier alpha value is -5.14. The van der Waals surface area contributed by atoms with Crippen LogP contribution in [-0.4, -0.2) is 0 Å². The van der Waals surface area contributed by atoms with Gasteiger partial charge in [0.15, 0.2) is 0 Å². The number of benzene rings is 7. The van der Waals surface area contributed by atoms with E-state index in [4.69, 9.17) is 0 Å².